The first kappa shape index (κ1) is 6.23. The molecule has 0 aliphatic carbocycles. The SMILES string of the molecule is C[C@H]([NH])c1ccccn1. The number of aromatic nitrogens is 1. The Morgan fingerprint density at radius 1 is 1.56 bits per heavy atom. The summed E-state index contributed by atoms with van der Waals surface area (Å²) in [7, 11) is 0. The summed E-state index contributed by atoms with van der Waals surface area (Å²) < 4.78 is 0. The van der Waals surface area contributed by atoms with Gasteiger partial charge in [-0.1, -0.05) is 6.07 Å². The predicted molar refractivity (Wildman–Crippen MR) is 35.7 cm³/mol. The van der Waals surface area contributed by atoms with Gasteiger partial charge in [0.2, 0.25) is 0 Å². The third kappa shape index (κ3) is 1.50. The summed E-state index contributed by atoms with van der Waals surface area (Å²) >= 11 is 0. The van der Waals surface area contributed by atoms with Crippen molar-refractivity contribution in [2.45, 2.75) is 13.0 Å². The minimum Gasteiger partial charge on any atom is -0.260 e. The van der Waals surface area contributed by atoms with Gasteiger partial charge in [-0.05, 0) is 19.1 Å². The molecule has 0 aliphatic rings. The van der Waals surface area contributed by atoms with Gasteiger partial charge in [0.05, 0.1) is 11.7 Å². The van der Waals surface area contributed by atoms with Crippen molar-refractivity contribution in [3.05, 3.63) is 30.1 Å². The summed E-state index contributed by atoms with van der Waals surface area (Å²) in [5.41, 5.74) is 8.09. The predicted octanol–water partition coefficient (Wildman–Crippen LogP) is 1.43. The van der Waals surface area contributed by atoms with Crippen molar-refractivity contribution in [1.82, 2.24) is 10.7 Å². The number of nitrogens with one attached hydrogen (secondary N) is 1. The molecule has 0 saturated carbocycles. The molecule has 0 saturated heterocycles. The highest BCUT2D eigenvalue weighted by Crippen LogP contribution is 2.04. The second kappa shape index (κ2) is 2.60. The van der Waals surface area contributed by atoms with Gasteiger partial charge in [0.25, 0.3) is 0 Å². The van der Waals surface area contributed by atoms with E-state index in [0.717, 1.165) is 5.69 Å². The van der Waals surface area contributed by atoms with Crippen LogP contribution >= 0.6 is 0 Å². The normalized spacial score (nSPS) is 13.1. The van der Waals surface area contributed by atoms with Crippen LogP contribution in [0.5, 0.6) is 0 Å². The Bertz CT molecular complexity index is 170. The molecular weight excluding hydrogens is 112 g/mol. The monoisotopic (exact) mass is 121 g/mol. The lowest BCUT2D eigenvalue weighted by Crippen LogP contribution is -1.94. The third-order valence-electron chi connectivity index (χ3n) is 1.13. The molecule has 0 aromatic carbocycles. The van der Waals surface area contributed by atoms with Crippen LogP contribution in [0.4, 0.5) is 0 Å². The molecule has 0 spiro atoms. The van der Waals surface area contributed by atoms with Gasteiger partial charge in [-0.3, -0.25) is 4.98 Å². The van der Waals surface area contributed by atoms with E-state index >= 15 is 0 Å². The third-order valence-corrected chi connectivity index (χ3v) is 1.13. The zero-order valence-electron chi connectivity index (χ0n) is 5.33. The smallest absolute Gasteiger partial charge is 0.0606 e. The van der Waals surface area contributed by atoms with Gasteiger partial charge >= 0.3 is 0 Å². The van der Waals surface area contributed by atoms with Crippen molar-refractivity contribution in [2.75, 3.05) is 0 Å². The highest BCUT2D eigenvalue weighted by Gasteiger charge is 1.96. The van der Waals surface area contributed by atoms with Crippen LogP contribution in [0.2, 0.25) is 0 Å². The van der Waals surface area contributed by atoms with Gasteiger partial charge in [-0.25, -0.2) is 5.73 Å². The molecule has 1 radical (unpaired) electrons. The highest BCUT2D eigenvalue weighted by molar-refractivity contribution is 5.06. The molecule has 1 aromatic heterocycles. The van der Waals surface area contributed by atoms with E-state index in [1.807, 2.05) is 25.1 Å². The molecule has 0 bridgehead atoms. The van der Waals surface area contributed by atoms with Crippen LogP contribution in [-0.2, 0) is 0 Å². The maximum absolute atomic E-state index is 7.26. The number of hydrogen-bond acceptors (Lipinski definition) is 1. The first-order chi connectivity index (χ1) is 4.30. The van der Waals surface area contributed by atoms with Crippen LogP contribution in [0.15, 0.2) is 24.4 Å². The van der Waals surface area contributed by atoms with E-state index < -0.39 is 0 Å². The molecule has 1 aromatic rings. The lowest BCUT2D eigenvalue weighted by molar-refractivity contribution is 0.754. The molecule has 2 heteroatoms. The summed E-state index contributed by atoms with van der Waals surface area (Å²) in [5, 5.41) is 0. The molecule has 2 nitrogen and oxygen atoms in total. The number of rotatable bonds is 1. The van der Waals surface area contributed by atoms with Crippen LogP contribution in [0.1, 0.15) is 18.7 Å². The fraction of sp³-hybridized carbons (Fsp3) is 0.286. The summed E-state index contributed by atoms with van der Waals surface area (Å²) in [5.74, 6) is 0. The van der Waals surface area contributed by atoms with E-state index in [0.29, 0.717) is 0 Å². The van der Waals surface area contributed by atoms with E-state index in [1.54, 1.807) is 6.20 Å². The van der Waals surface area contributed by atoms with Crippen LogP contribution < -0.4 is 5.73 Å². The van der Waals surface area contributed by atoms with Crippen molar-refractivity contribution < 1.29 is 0 Å². The summed E-state index contributed by atoms with van der Waals surface area (Å²) in [6, 6.07) is 5.41. The average Bonchev–Trinajstić information content (AvgIpc) is 1.90. The molecule has 1 atom stereocenters. The maximum Gasteiger partial charge on any atom is 0.0606 e. The Kier molecular flexibility index (Phi) is 1.80. The molecule has 47 valence electrons. The molecule has 9 heavy (non-hydrogen) atoms. The van der Waals surface area contributed by atoms with Gasteiger partial charge in [0.15, 0.2) is 0 Å². The van der Waals surface area contributed by atoms with E-state index in [-0.39, 0.29) is 6.04 Å². The Morgan fingerprint density at radius 2 is 2.33 bits per heavy atom. The quantitative estimate of drug-likeness (QED) is 0.553. The summed E-state index contributed by atoms with van der Waals surface area (Å²) in [6.07, 6.45) is 1.71. The highest BCUT2D eigenvalue weighted by atomic mass is 14.7. The first-order valence-electron chi connectivity index (χ1n) is 2.93. The second-order valence-electron chi connectivity index (χ2n) is 1.98. The van der Waals surface area contributed by atoms with Gasteiger partial charge in [0.1, 0.15) is 0 Å². The average molecular weight is 121 g/mol. The number of pyridine rings is 1. The Hall–Kier alpha value is -0.890. The van der Waals surface area contributed by atoms with Crippen molar-refractivity contribution in [3.63, 3.8) is 0 Å². The molecule has 0 fully saturated rings. The fourth-order valence-electron chi connectivity index (χ4n) is 0.632. The Labute approximate surface area is 54.7 Å². The summed E-state index contributed by atoms with van der Waals surface area (Å²) in [6.45, 7) is 1.81. The van der Waals surface area contributed by atoms with Crippen LogP contribution in [0, 0.1) is 0 Å². The zero-order valence-corrected chi connectivity index (χ0v) is 5.33. The number of nitrogens with zero attached hydrogens (tertiary/aromatic N) is 1. The van der Waals surface area contributed by atoms with E-state index in [4.69, 9.17) is 5.73 Å². The van der Waals surface area contributed by atoms with E-state index in [2.05, 4.69) is 4.98 Å². The molecule has 0 aliphatic heterocycles. The molecule has 0 unspecified atom stereocenters. The zero-order chi connectivity index (χ0) is 6.69. The largest absolute Gasteiger partial charge is 0.260 e. The number of hydrogen-bond donors (Lipinski definition) is 0. The van der Waals surface area contributed by atoms with Crippen molar-refractivity contribution >= 4 is 0 Å². The van der Waals surface area contributed by atoms with Crippen molar-refractivity contribution in [1.29, 1.82) is 0 Å². The standard InChI is InChI=1S/C7H9N2/c1-6(8)7-4-2-3-5-9-7/h2-6,8H,1H3/t6-/m0/s1. The molecule has 1 rings (SSSR count). The van der Waals surface area contributed by atoms with Gasteiger partial charge < -0.3 is 0 Å². The molecule has 0 amide bonds. The van der Waals surface area contributed by atoms with Crippen LogP contribution in [0.3, 0.4) is 0 Å². The Morgan fingerprint density at radius 3 is 2.67 bits per heavy atom. The van der Waals surface area contributed by atoms with Gasteiger partial charge in [0, 0.05) is 6.20 Å². The van der Waals surface area contributed by atoms with Crippen LogP contribution in [-0.4, -0.2) is 4.98 Å². The topological polar surface area (TPSA) is 36.7 Å². The fourth-order valence-corrected chi connectivity index (χ4v) is 0.632. The molecule has 1 N–H and O–H groups in total. The van der Waals surface area contributed by atoms with Crippen molar-refractivity contribution in [2.24, 2.45) is 0 Å². The first-order valence-corrected chi connectivity index (χ1v) is 2.93. The van der Waals surface area contributed by atoms with E-state index in [9.17, 15) is 0 Å². The lowest BCUT2D eigenvalue weighted by atomic mass is 10.2. The summed E-state index contributed by atoms with van der Waals surface area (Å²) in [4.78, 5) is 3.99. The van der Waals surface area contributed by atoms with Crippen LogP contribution in [0.25, 0.3) is 0 Å². The van der Waals surface area contributed by atoms with E-state index in [1.165, 1.54) is 0 Å². The second-order valence-corrected chi connectivity index (χ2v) is 1.98. The van der Waals surface area contributed by atoms with Gasteiger partial charge in [-0.15, -0.1) is 0 Å². The maximum atomic E-state index is 7.26. The Balaban J connectivity index is 2.85. The molecule has 1 heterocycles. The molecular formula is C7H9N2. The minimum absolute atomic E-state index is 0.203. The van der Waals surface area contributed by atoms with Gasteiger partial charge in [-0.2, -0.15) is 0 Å². The van der Waals surface area contributed by atoms with Crippen molar-refractivity contribution in [3.8, 4) is 0 Å². The minimum atomic E-state index is -0.203. The lowest BCUT2D eigenvalue weighted by Gasteiger charge is -1.99.